The van der Waals surface area contributed by atoms with Crippen LogP contribution in [0.4, 0.5) is 23.5 Å². The zero-order valence-corrected chi connectivity index (χ0v) is 24.7. The number of carbonyl (C=O) groups excluding carboxylic acids is 1. The van der Waals surface area contributed by atoms with Crippen molar-refractivity contribution in [2.45, 2.75) is 26.2 Å². The zero-order valence-electron chi connectivity index (χ0n) is 22.6. The molecule has 210 valence electrons. The lowest BCUT2D eigenvalue weighted by molar-refractivity contribution is 0.0727. The molecule has 41 heavy (non-hydrogen) atoms. The first-order valence-corrected chi connectivity index (χ1v) is 14.5. The molecule has 0 radical (unpaired) electrons. The third kappa shape index (κ3) is 7.69. The van der Waals surface area contributed by atoms with Gasteiger partial charge >= 0.3 is 5.97 Å². The molecular formula is C30H30IN7O3. The molecule has 0 saturated carbocycles. The monoisotopic (exact) mass is 663 g/mol. The molecule has 1 saturated heterocycles. The minimum atomic E-state index is -0.446. The van der Waals surface area contributed by atoms with Gasteiger partial charge in [0.1, 0.15) is 0 Å². The van der Waals surface area contributed by atoms with Crippen molar-refractivity contribution in [1.29, 1.82) is 0 Å². The van der Waals surface area contributed by atoms with Crippen LogP contribution in [0, 0.1) is 3.57 Å². The molecule has 1 aromatic heterocycles. The average Bonchev–Trinajstić information content (AvgIpc) is 2.99. The van der Waals surface area contributed by atoms with E-state index >= 15 is 0 Å². The number of carbonyl (C=O) groups is 1. The summed E-state index contributed by atoms with van der Waals surface area (Å²) in [5.74, 6) is 1.69. The van der Waals surface area contributed by atoms with Gasteiger partial charge in [-0.2, -0.15) is 20.1 Å². The number of rotatable bonds is 10. The van der Waals surface area contributed by atoms with Crippen LogP contribution in [0.15, 0.2) is 77.9 Å². The Hall–Kier alpha value is -4.26. The third-order valence-electron chi connectivity index (χ3n) is 6.23. The molecule has 0 spiro atoms. The Morgan fingerprint density at radius 1 is 0.951 bits per heavy atom. The van der Waals surface area contributed by atoms with Crippen LogP contribution in [0.2, 0.25) is 0 Å². The van der Waals surface area contributed by atoms with E-state index in [9.17, 15) is 4.79 Å². The normalized spacial score (nSPS) is 13.2. The molecular weight excluding hydrogens is 633 g/mol. The van der Waals surface area contributed by atoms with Crippen molar-refractivity contribution in [2.24, 2.45) is 5.10 Å². The second kappa shape index (κ2) is 13.9. The highest BCUT2D eigenvalue weighted by Gasteiger charge is 2.17. The van der Waals surface area contributed by atoms with Crippen molar-refractivity contribution in [3.63, 3.8) is 0 Å². The van der Waals surface area contributed by atoms with Crippen LogP contribution in [-0.4, -0.2) is 46.8 Å². The summed E-state index contributed by atoms with van der Waals surface area (Å²) in [7, 11) is 0. The molecule has 2 N–H and O–H groups in total. The van der Waals surface area contributed by atoms with Crippen molar-refractivity contribution < 1.29 is 14.3 Å². The Kier molecular flexibility index (Phi) is 9.57. The van der Waals surface area contributed by atoms with E-state index in [0.717, 1.165) is 40.8 Å². The van der Waals surface area contributed by atoms with Crippen LogP contribution < -0.4 is 25.1 Å². The largest absolute Gasteiger partial charge is 0.490 e. The maximum Gasteiger partial charge on any atom is 0.344 e. The van der Waals surface area contributed by atoms with E-state index in [1.807, 2.05) is 49.4 Å². The van der Waals surface area contributed by atoms with E-state index in [4.69, 9.17) is 9.47 Å². The van der Waals surface area contributed by atoms with E-state index in [0.29, 0.717) is 41.5 Å². The molecule has 0 unspecified atom stereocenters. The van der Waals surface area contributed by atoms with Crippen LogP contribution in [0.1, 0.15) is 42.1 Å². The Balaban J connectivity index is 1.33. The summed E-state index contributed by atoms with van der Waals surface area (Å²) in [6.07, 6.45) is 5.04. The van der Waals surface area contributed by atoms with Gasteiger partial charge in [0.25, 0.3) is 0 Å². The van der Waals surface area contributed by atoms with Gasteiger partial charge in [-0.3, -0.25) is 0 Å². The molecule has 0 atom stereocenters. The first kappa shape index (κ1) is 28.3. The number of ether oxygens (including phenoxy) is 2. The van der Waals surface area contributed by atoms with Gasteiger partial charge in [0, 0.05) is 22.3 Å². The molecule has 1 aliphatic rings. The number of para-hydroxylation sites is 1. The van der Waals surface area contributed by atoms with Gasteiger partial charge in [-0.1, -0.05) is 30.3 Å². The number of anilines is 4. The lowest BCUT2D eigenvalue weighted by Gasteiger charge is -2.26. The zero-order chi connectivity index (χ0) is 28.4. The molecule has 0 aliphatic carbocycles. The Morgan fingerprint density at radius 2 is 1.71 bits per heavy atom. The van der Waals surface area contributed by atoms with Crippen LogP contribution >= 0.6 is 22.6 Å². The number of nitrogens with one attached hydrogen (secondary N) is 2. The van der Waals surface area contributed by atoms with Crippen LogP contribution in [0.5, 0.6) is 11.5 Å². The lowest BCUT2D eigenvalue weighted by atomic mass is 10.1. The lowest BCUT2D eigenvalue weighted by Crippen LogP contribution is -2.31. The summed E-state index contributed by atoms with van der Waals surface area (Å²) < 4.78 is 12.2. The maximum absolute atomic E-state index is 12.7. The summed E-state index contributed by atoms with van der Waals surface area (Å²) in [5.41, 5.74) is 5.05. The molecule has 0 bridgehead atoms. The summed E-state index contributed by atoms with van der Waals surface area (Å²) in [6.45, 7) is 4.08. The molecule has 1 aliphatic heterocycles. The predicted octanol–water partition coefficient (Wildman–Crippen LogP) is 6.27. The Labute approximate surface area is 252 Å². The van der Waals surface area contributed by atoms with E-state index in [1.54, 1.807) is 36.5 Å². The Morgan fingerprint density at radius 3 is 2.49 bits per heavy atom. The van der Waals surface area contributed by atoms with Crippen molar-refractivity contribution in [1.82, 2.24) is 15.0 Å². The molecule has 5 rings (SSSR count). The molecule has 10 nitrogen and oxygen atoms in total. The summed E-state index contributed by atoms with van der Waals surface area (Å²) in [4.78, 5) is 28.7. The third-order valence-corrected chi connectivity index (χ3v) is 7.18. The van der Waals surface area contributed by atoms with Gasteiger partial charge in [-0.25, -0.2) is 10.2 Å². The van der Waals surface area contributed by atoms with Gasteiger partial charge in [-0.05, 0) is 96.8 Å². The second-order valence-electron chi connectivity index (χ2n) is 9.20. The number of benzene rings is 3. The minimum Gasteiger partial charge on any atom is -0.490 e. The van der Waals surface area contributed by atoms with Crippen LogP contribution in [0.25, 0.3) is 0 Å². The number of hydrogen-bond acceptors (Lipinski definition) is 10. The highest BCUT2D eigenvalue weighted by molar-refractivity contribution is 14.1. The molecule has 11 heteroatoms. The number of hydrazone groups is 1. The number of aromatic nitrogens is 3. The van der Waals surface area contributed by atoms with E-state index in [-0.39, 0.29) is 0 Å². The van der Waals surface area contributed by atoms with E-state index in [2.05, 4.69) is 58.3 Å². The van der Waals surface area contributed by atoms with Crippen LogP contribution in [-0.2, 0) is 0 Å². The number of esters is 1. The molecule has 1 fully saturated rings. The van der Waals surface area contributed by atoms with Crippen LogP contribution in [0.3, 0.4) is 0 Å². The van der Waals surface area contributed by atoms with Gasteiger partial charge in [0.15, 0.2) is 11.5 Å². The fourth-order valence-corrected chi connectivity index (χ4v) is 4.87. The minimum absolute atomic E-state index is 0.323. The molecule has 2 heterocycles. The smallest absolute Gasteiger partial charge is 0.344 e. The number of piperidine rings is 1. The topological polar surface area (TPSA) is 114 Å². The summed E-state index contributed by atoms with van der Waals surface area (Å²) in [6, 6.07) is 22.3. The van der Waals surface area contributed by atoms with Gasteiger partial charge in [0.05, 0.1) is 18.4 Å². The summed E-state index contributed by atoms with van der Waals surface area (Å²) >= 11 is 2.11. The maximum atomic E-state index is 12.7. The fraction of sp³-hybridized carbons (Fsp3) is 0.233. The van der Waals surface area contributed by atoms with Gasteiger partial charge < -0.3 is 19.7 Å². The molecule has 0 amide bonds. The Bertz CT molecular complexity index is 1510. The van der Waals surface area contributed by atoms with Crippen molar-refractivity contribution in [3.8, 4) is 11.5 Å². The highest BCUT2D eigenvalue weighted by Crippen LogP contribution is 2.29. The van der Waals surface area contributed by atoms with Crippen molar-refractivity contribution >= 4 is 58.3 Å². The SMILES string of the molecule is CCOc1cc(/C=N/Nc2nc(Nc3ccccc3)nc(N3CCCCC3)n2)ccc1OC(=O)c1ccccc1I. The standard InChI is InChI=1S/C30H30IN7O3/c1-2-40-26-19-21(15-16-25(26)41-27(39)23-13-7-8-14-24(23)31)20-32-37-29-34-28(33-22-11-5-3-6-12-22)35-30(36-29)38-17-9-4-10-18-38/h3,5-8,11-16,19-20H,2,4,9-10,17-18H2,1H3,(H2,33,34,35,36,37)/b32-20+. The first-order chi connectivity index (χ1) is 20.1. The van der Waals surface area contributed by atoms with E-state index < -0.39 is 5.97 Å². The van der Waals surface area contributed by atoms with Crippen molar-refractivity contribution in [2.75, 3.05) is 35.3 Å². The average molecular weight is 664 g/mol. The van der Waals surface area contributed by atoms with Crippen molar-refractivity contribution in [3.05, 3.63) is 87.5 Å². The molecule has 4 aromatic rings. The second-order valence-corrected chi connectivity index (χ2v) is 10.4. The number of halogens is 1. The predicted molar refractivity (Wildman–Crippen MR) is 169 cm³/mol. The highest BCUT2D eigenvalue weighted by atomic mass is 127. The molecule has 3 aromatic carbocycles. The number of hydrogen-bond donors (Lipinski definition) is 2. The first-order valence-electron chi connectivity index (χ1n) is 13.4. The van der Waals surface area contributed by atoms with E-state index in [1.165, 1.54) is 6.42 Å². The fourth-order valence-electron chi connectivity index (χ4n) is 4.26. The van der Waals surface area contributed by atoms with Gasteiger partial charge in [-0.15, -0.1) is 0 Å². The quantitative estimate of drug-likeness (QED) is 0.0666. The number of nitrogens with zero attached hydrogens (tertiary/aromatic N) is 5. The summed E-state index contributed by atoms with van der Waals surface area (Å²) in [5, 5.41) is 7.61. The van der Waals surface area contributed by atoms with Gasteiger partial charge in [0.2, 0.25) is 17.8 Å².